The van der Waals surface area contributed by atoms with Crippen LogP contribution in [0, 0.1) is 0 Å². The molecule has 0 aliphatic carbocycles. The molecule has 0 bridgehead atoms. The van der Waals surface area contributed by atoms with E-state index >= 15 is 0 Å². The van der Waals surface area contributed by atoms with Crippen LogP contribution in [0.2, 0.25) is 0 Å². The Hall–Kier alpha value is -4.98. The Morgan fingerprint density at radius 1 is 0.368 bits per heavy atom. The summed E-state index contributed by atoms with van der Waals surface area (Å²) in [6.45, 7) is 0. The van der Waals surface area contributed by atoms with Gasteiger partial charge >= 0.3 is 0 Å². The molecule has 6 aromatic rings. The molecule has 0 N–H and O–H groups in total. The highest BCUT2D eigenvalue weighted by Crippen LogP contribution is 2.49. The number of hydrogen-bond acceptors (Lipinski definition) is 8. The van der Waals surface area contributed by atoms with Crippen molar-refractivity contribution < 1.29 is 18.9 Å². The van der Waals surface area contributed by atoms with E-state index in [0.717, 1.165) is 0 Å². The van der Waals surface area contributed by atoms with Gasteiger partial charge in [0, 0.05) is 48.5 Å². The van der Waals surface area contributed by atoms with Gasteiger partial charge in [-0.3, -0.25) is 19.2 Å². The fourth-order valence-corrected chi connectivity index (χ4v) is 5.51. The molecule has 0 aliphatic rings. The Morgan fingerprint density at radius 2 is 0.711 bits per heavy atom. The minimum Gasteiger partial charge on any atom is -0.496 e. The van der Waals surface area contributed by atoms with E-state index in [4.69, 9.17) is 18.9 Å². The van der Waals surface area contributed by atoms with Gasteiger partial charge in [0.05, 0.1) is 33.8 Å². The molecule has 8 heteroatoms. The summed E-state index contributed by atoms with van der Waals surface area (Å²) in [5.41, 5.74) is -1.47. The van der Waals surface area contributed by atoms with Gasteiger partial charge in [-0.2, -0.15) is 0 Å². The van der Waals surface area contributed by atoms with Gasteiger partial charge in [-0.1, -0.05) is 0 Å². The van der Waals surface area contributed by atoms with Crippen LogP contribution in [-0.4, -0.2) is 28.4 Å². The number of fused-ring (bicyclic) bond motifs is 9. The van der Waals surface area contributed by atoms with Gasteiger partial charge in [0.15, 0.2) is 21.7 Å². The monoisotopic (exact) mass is 508 g/mol. The van der Waals surface area contributed by atoms with Crippen LogP contribution in [0.5, 0.6) is 23.0 Å². The van der Waals surface area contributed by atoms with E-state index in [1.54, 1.807) is 12.1 Å². The first-order chi connectivity index (χ1) is 18.3. The van der Waals surface area contributed by atoms with Crippen molar-refractivity contribution in [3.05, 3.63) is 89.4 Å². The summed E-state index contributed by atoms with van der Waals surface area (Å²) in [4.78, 5) is 52.6. The van der Waals surface area contributed by atoms with Crippen molar-refractivity contribution in [3.63, 3.8) is 0 Å². The molecule has 0 radical (unpaired) electrons. The summed E-state index contributed by atoms with van der Waals surface area (Å²) in [5, 5.41) is 3.28. The summed E-state index contributed by atoms with van der Waals surface area (Å²) in [6.07, 6.45) is 0. The van der Waals surface area contributed by atoms with Gasteiger partial charge in [-0.05, 0) is 48.5 Å². The Balaban J connectivity index is 2.18. The molecule has 0 spiro atoms. The third kappa shape index (κ3) is 2.97. The van der Waals surface area contributed by atoms with Crippen molar-refractivity contribution in [3.8, 4) is 23.0 Å². The Bertz CT molecular complexity index is 2050. The summed E-state index contributed by atoms with van der Waals surface area (Å²) < 4.78 is 22.9. The molecule has 8 nitrogen and oxygen atoms in total. The van der Waals surface area contributed by atoms with Crippen LogP contribution in [0.4, 0.5) is 0 Å². The normalized spacial score (nSPS) is 11.6. The van der Waals surface area contributed by atoms with Gasteiger partial charge < -0.3 is 18.9 Å². The van der Waals surface area contributed by atoms with Crippen molar-refractivity contribution in [1.29, 1.82) is 0 Å². The number of ether oxygens (including phenoxy) is 4. The minimum atomic E-state index is -0.381. The SMILES string of the molecule is COc1cc2c(=O)ccc(=O)c2c2c1cc(OC)c1c(OC)cc3c(OC)cc4c(=O)ccc(=O)c4c3c12. The lowest BCUT2D eigenvalue weighted by molar-refractivity contribution is 0.404. The van der Waals surface area contributed by atoms with Gasteiger partial charge in [0.2, 0.25) is 0 Å². The Morgan fingerprint density at radius 3 is 1.08 bits per heavy atom. The molecule has 0 heterocycles. The number of rotatable bonds is 4. The molecule has 6 aromatic carbocycles. The maximum atomic E-state index is 13.4. The van der Waals surface area contributed by atoms with Crippen molar-refractivity contribution >= 4 is 53.9 Å². The van der Waals surface area contributed by atoms with Gasteiger partial charge in [0.1, 0.15) is 23.0 Å². The molecular formula is C30H20O8. The molecule has 0 aliphatic heterocycles. The molecule has 0 unspecified atom stereocenters. The third-order valence-electron chi connectivity index (χ3n) is 7.13. The minimum absolute atomic E-state index is 0.164. The van der Waals surface area contributed by atoms with E-state index < -0.39 is 0 Å². The standard InChI is InChI=1S/C30H20O8/c1-35-21-9-13-17(31)5-7-19(33)25(13)27-15(21)11-23(37-3)29-24(38-4)12-16-22(36-2)10-14-18(32)6-8-20(34)26(14)28(16)30(27)29/h5-12H,1-4H3. The molecule has 0 amide bonds. The molecule has 0 aromatic heterocycles. The zero-order chi connectivity index (χ0) is 26.9. The predicted octanol–water partition coefficient (Wildman–Crippen LogP) is 3.80. The number of benzene rings is 6. The smallest absolute Gasteiger partial charge is 0.187 e. The van der Waals surface area contributed by atoms with Crippen LogP contribution in [-0.2, 0) is 0 Å². The molecule has 0 atom stereocenters. The van der Waals surface area contributed by atoms with Crippen molar-refractivity contribution in [1.82, 2.24) is 0 Å². The van der Waals surface area contributed by atoms with Gasteiger partial charge in [-0.25, -0.2) is 0 Å². The fraction of sp³-hybridized carbons (Fsp3) is 0.133. The number of hydrogen-bond donors (Lipinski definition) is 0. The average molecular weight is 508 g/mol. The second-order valence-corrected chi connectivity index (χ2v) is 8.88. The summed E-state index contributed by atoms with van der Waals surface area (Å²) >= 11 is 0. The van der Waals surface area contributed by atoms with Crippen molar-refractivity contribution in [2.45, 2.75) is 0 Å². The maximum absolute atomic E-state index is 13.4. The number of methoxy groups -OCH3 is 4. The molecular weight excluding hydrogens is 488 g/mol. The van der Waals surface area contributed by atoms with Gasteiger partial charge in [0.25, 0.3) is 0 Å². The lowest BCUT2D eigenvalue weighted by Crippen LogP contribution is -2.11. The zero-order valence-corrected chi connectivity index (χ0v) is 20.9. The van der Waals surface area contributed by atoms with E-state index in [2.05, 4.69) is 0 Å². The van der Waals surface area contributed by atoms with Gasteiger partial charge in [-0.15, -0.1) is 0 Å². The predicted molar refractivity (Wildman–Crippen MR) is 148 cm³/mol. The lowest BCUT2D eigenvalue weighted by Gasteiger charge is -2.19. The molecule has 6 rings (SSSR count). The average Bonchev–Trinajstić information content (AvgIpc) is 2.94. The summed E-state index contributed by atoms with van der Waals surface area (Å²) in [5.74, 6) is 1.45. The van der Waals surface area contributed by atoms with Crippen molar-refractivity contribution in [2.24, 2.45) is 0 Å². The highest BCUT2D eigenvalue weighted by Gasteiger charge is 2.25. The quantitative estimate of drug-likeness (QED) is 0.331. The fourth-order valence-electron chi connectivity index (χ4n) is 5.51. The molecule has 0 saturated heterocycles. The first-order valence-electron chi connectivity index (χ1n) is 11.6. The third-order valence-corrected chi connectivity index (χ3v) is 7.13. The second kappa shape index (κ2) is 8.27. The lowest BCUT2D eigenvalue weighted by atomic mass is 9.88. The zero-order valence-electron chi connectivity index (χ0n) is 20.9. The van der Waals surface area contributed by atoms with Crippen molar-refractivity contribution in [2.75, 3.05) is 28.4 Å². The van der Waals surface area contributed by atoms with E-state index in [1.165, 1.54) is 64.8 Å². The van der Waals surface area contributed by atoms with Crippen LogP contribution in [0.25, 0.3) is 53.9 Å². The molecule has 0 saturated carbocycles. The van der Waals surface area contributed by atoms with E-state index in [0.29, 0.717) is 55.3 Å². The van der Waals surface area contributed by atoms with E-state index in [9.17, 15) is 19.2 Å². The molecule has 0 fully saturated rings. The largest absolute Gasteiger partial charge is 0.496 e. The maximum Gasteiger partial charge on any atom is 0.187 e. The van der Waals surface area contributed by atoms with Crippen LogP contribution in [0.3, 0.4) is 0 Å². The second-order valence-electron chi connectivity index (χ2n) is 8.88. The van der Waals surface area contributed by atoms with Crippen LogP contribution < -0.4 is 40.7 Å². The first-order valence-corrected chi connectivity index (χ1v) is 11.6. The highest BCUT2D eigenvalue weighted by molar-refractivity contribution is 6.35. The van der Waals surface area contributed by atoms with E-state index in [1.807, 2.05) is 0 Å². The topological polar surface area (TPSA) is 105 Å². The molecule has 38 heavy (non-hydrogen) atoms. The highest BCUT2D eigenvalue weighted by atomic mass is 16.5. The Labute approximate surface area is 213 Å². The first kappa shape index (κ1) is 23.4. The van der Waals surface area contributed by atoms with Crippen LogP contribution in [0.1, 0.15) is 0 Å². The Kier molecular flexibility index (Phi) is 5.10. The summed E-state index contributed by atoms with van der Waals surface area (Å²) in [7, 11) is 5.91. The van der Waals surface area contributed by atoms with E-state index in [-0.39, 0.29) is 43.3 Å². The summed E-state index contributed by atoms with van der Waals surface area (Å²) in [6, 6.07) is 11.4. The molecule has 188 valence electrons. The van der Waals surface area contributed by atoms with Crippen LogP contribution >= 0.6 is 0 Å². The van der Waals surface area contributed by atoms with Crippen LogP contribution in [0.15, 0.2) is 67.7 Å².